The summed E-state index contributed by atoms with van der Waals surface area (Å²) < 4.78 is 91.8. The van der Waals surface area contributed by atoms with Crippen molar-refractivity contribution in [2.75, 3.05) is 13.7 Å². The van der Waals surface area contributed by atoms with Crippen LogP contribution in [0.3, 0.4) is 0 Å². The zero-order valence-electron chi connectivity index (χ0n) is 23.7. The van der Waals surface area contributed by atoms with E-state index in [0.29, 0.717) is 17.9 Å². The minimum atomic E-state index is -5.11. The second-order valence-corrected chi connectivity index (χ2v) is 10.7. The third kappa shape index (κ3) is 7.13. The van der Waals surface area contributed by atoms with E-state index in [1.807, 2.05) is 0 Å². The Morgan fingerprint density at radius 1 is 0.933 bits per heavy atom. The molecule has 2 amide bonds. The SMILES string of the molecule is COc1ccc2c(=O)cc(C(=O)NC3CCN(C(=O)c4cc(C(F)(F)F)cc(C(F)(F)F)c4)C(Cc4ccccc4)C3)oc2c1. The Balaban J connectivity index is 1.42. The van der Waals surface area contributed by atoms with Crippen LogP contribution in [0.2, 0.25) is 0 Å². The van der Waals surface area contributed by atoms with Gasteiger partial charge in [-0.1, -0.05) is 30.3 Å². The highest BCUT2D eigenvalue weighted by Crippen LogP contribution is 2.37. The van der Waals surface area contributed by atoms with E-state index in [9.17, 15) is 40.7 Å². The summed E-state index contributed by atoms with van der Waals surface area (Å²) in [6.45, 7) is -0.0717. The van der Waals surface area contributed by atoms with Crippen LogP contribution in [0.1, 0.15) is 50.4 Å². The molecule has 0 radical (unpaired) electrons. The molecule has 0 aliphatic carbocycles. The number of hydrogen-bond acceptors (Lipinski definition) is 5. The number of ether oxygens (including phenoxy) is 1. The molecule has 7 nitrogen and oxygen atoms in total. The molecule has 2 unspecified atom stereocenters. The number of piperidine rings is 1. The van der Waals surface area contributed by atoms with E-state index >= 15 is 0 Å². The molecular formula is C32H26F6N2O5. The van der Waals surface area contributed by atoms with Gasteiger partial charge in [0.05, 0.1) is 23.6 Å². The maximum absolute atomic E-state index is 13.6. The van der Waals surface area contributed by atoms with Crippen molar-refractivity contribution in [3.8, 4) is 5.75 Å². The molecule has 2 atom stereocenters. The number of fused-ring (bicyclic) bond motifs is 1. The molecule has 3 aromatic carbocycles. The molecule has 1 saturated heterocycles. The number of likely N-dealkylation sites (tertiary alicyclic amines) is 1. The Kier molecular flexibility index (Phi) is 8.63. The summed E-state index contributed by atoms with van der Waals surface area (Å²) in [7, 11) is 1.43. The van der Waals surface area contributed by atoms with Crippen LogP contribution in [0, 0.1) is 0 Å². The maximum Gasteiger partial charge on any atom is 0.416 e. The van der Waals surface area contributed by atoms with Gasteiger partial charge in [0.1, 0.15) is 11.3 Å². The fourth-order valence-electron chi connectivity index (χ4n) is 5.40. The van der Waals surface area contributed by atoms with Crippen molar-refractivity contribution >= 4 is 22.8 Å². The monoisotopic (exact) mass is 632 g/mol. The molecule has 0 bridgehead atoms. The number of methoxy groups -OCH3 is 1. The summed E-state index contributed by atoms with van der Waals surface area (Å²) >= 11 is 0. The largest absolute Gasteiger partial charge is 0.497 e. The van der Waals surface area contributed by atoms with Gasteiger partial charge in [-0.3, -0.25) is 14.4 Å². The molecule has 1 N–H and O–H groups in total. The van der Waals surface area contributed by atoms with Gasteiger partial charge < -0.3 is 19.4 Å². The zero-order valence-corrected chi connectivity index (χ0v) is 23.7. The summed E-state index contributed by atoms with van der Waals surface area (Å²) in [6.07, 6.45) is -9.74. The van der Waals surface area contributed by atoms with Crippen LogP contribution in [0.5, 0.6) is 5.75 Å². The smallest absolute Gasteiger partial charge is 0.416 e. The Morgan fingerprint density at radius 3 is 2.22 bits per heavy atom. The normalized spacial score (nSPS) is 17.3. The molecule has 1 fully saturated rings. The molecule has 0 spiro atoms. The Hall–Kier alpha value is -4.81. The molecule has 5 rings (SSSR count). The molecule has 13 heteroatoms. The molecule has 1 aliphatic heterocycles. The molecule has 1 aliphatic rings. The van der Waals surface area contributed by atoms with E-state index in [0.717, 1.165) is 11.6 Å². The summed E-state index contributed by atoms with van der Waals surface area (Å²) in [5.41, 5.74) is -3.47. The van der Waals surface area contributed by atoms with Gasteiger partial charge in [-0.25, -0.2) is 0 Å². The minimum absolute atomic E-state index is 0.0266. The lowest BCUT2D eigenvalue weighted by Crippen LogP contribution is -2.52. The molecule has 4 aromatic rings. The van der Waals surface area contributed by atoms with Crippen LogP contribution in [0.15, 0.2) is 82.0 Å². The van der Waals surface area contributed by atoms with Crippen LogP contribution in [0.4, 0.5) is 26.3 Å². The number of hydrogen-bond donors (Lipinski definition) is 1. The Morgan fingerprint density at radius 2 is 1.60 bits per heavy atom. The quantitative estimate of drug-likeness (QED) is 0.246. The van der Waals surface area contributed by atoms with Gasteiger partial charge in [0.2, 0.25) is 0 Å². The summed E-state index contributed by atoms with van der Waals surface area (Å²) in [5, 5.41) is 3.03. The molecule has 2 heterocycles. The van der Waals surface area contributed by atoms with Gasteiger partial charge in [0, 0.05) is 36.3 Å². The fourth-order valence-corrected chi connectivity index (χ4v) is 5.40. The van der Waals surface area contributed by atoms with Gasteiger partial charge in [-0.05, 0) is 55.2 Å². The molecule has 1 aromatic heterocycles. The average Bonchev–Trinajstić information content (AvgIpc) is 3.00. The molecular weight excluding hydrogens is 606 g/mol. The van der Waals surface area contributed by atoms with Gasteiger partial charge in [-0.15, -0.1) is 0 Å². The lowest BCUT2D eigenvalue weighted by molar-refractivity contribution is -0.143. The van der Waals surface area contributed by atoms with Crippen LogP contribution in [-0.2, 0) is 18.8 Å². The lowest BCUT2D eigenvalue weighted by atomic mass is 9.91. The van der Waals surface area contributed by atoms with E-state index in [-0.39, 0.29) is 48.6 Å². The van der Waals surface area contributed by atoms with Gasteiger partial charge >= 0.3 is 12.4 Å². The first kappa shape index (κ1) is 31.6. The number of benzene rings is 3. The number of nitrogens with one attached hydrogen (secondary N) is 1. The van der Waals surface area contributed by atoms with Crippen molar-refractivity contribution in [2.24, 2.45) is 0 Å². The highest BCUT2D eigenvalue weighted by molar-refractivity contribution is 5.95. The zero-order chi connectivity index (χ0) is 32.5. The first-order valence-corrected chi connectivity index (χ1v) is 13.8. The fraction of sp³-hybridized carbons (Fsp3) is 0.281. The highest BCUT2D eigenvalue weighted by Gasteiger charge is 2.39. The molecule has 45 heavy (non-hydrogen) atoms. The number of alkyl halides is 6. The third-order valence-electron chi connectivity index (χ3n) is 7.62. The van der Waals surface area contributed by atoms with Crippen molar-refractivity contribution in [1.82, 2.24) is 10.2 Å². The van der Waals surface area contributed by atoms with E-state index in [4.69, 9.17) is 9.15 Å². The van der Waals surface area contributed by atoms with Crippen molar-refractivity contribution < 1.29 is 45.1 Å². The van der Waals surface area contributed by atoms with Crippen molar-refractivity contribution in [2.45, 2.75) is 43.7 Å². The highest BCUT2D eigenvalue weighted by atomic mass is 19.4. The van der Waals surface area contributed by atoms with Gasteiger partial charge in [0.15, 0.2) is 11.2 Å². The number of amides is 2. The number of carbonyl (C=O) groups excluding carboxylic acids is 2. The van der Waals surface area contributed by atoms with Crippen molar-refractivity contribution in [3.05, 3.63) is 111 Å². The van der Waals surface area contributed by atoms with Crippen LogP contribution >= 0.6 is 0 Å². The topological polar surface area (TPSA) is 88.9 Å². The van der Waals surface area contributed by atoms with Crippen molar-refractivity contribution in [1.29, 1.82) is 0 Å². The number of rotatable bonds is 6. The summed E-state index contributed by atoms with van der Waals surface area (Å²) in [6, 6.07) is 14.0. The van der Waals surface area contributed by atoms with E-state index in [2.05, 4.69) is 5.32 Å². The number of nitrogens with zero attached hydrogens (tertiary/aromatic N) is 1. The standard InChI is InChI=1S/C32H26F6N2O5/c1-44-24-7-8-25-26(41)17-28(45-27(25)16-24)29(42)39-22-9-10-40(23(15-22)11-18-5-3-2-4-6-18)30(43)19-12-20(31(33,34)35)14-21(13-19)32(36,37)38/h2-8,12-14,16-17,22-23H,9-11,15H2,1H3,(H,39,42). The second kappa shape index (κ2) is 12.3. The predicted molar refractivity (Wildman–Crippen MR) is 151 cm³/mol. The Bertz CT molecular complexity index is 1750. The van der Waals surface area contributed by atoms with E-state index in [1.54, 1.807) is 36.4 Å². The maximum atomic E-state index is 13.6. The van der Waals surface area contributed by atoms with Gasteiger partial charge in [0.25, 0.3) is 11.8 Å². The number of carbonyl (C=O) groups is 2. The first-order chi connectivity index (χ1) is 21.2. The Labute approximate surface area is 252 Å². The molecule has 0 saturated carbocycles. The second-order valence-electron chi connectivity index (χ2n) is 10.7. The summed E-state index contributed by atoms with van der Waals surface area (Å²) in [4.78, 5) is 40.6. The average molecular weight is 633 g/mol. The van der Waals surface area contributed by atoms with E-state index < -0.39 is 58.4 Å². The van der Waals surface area contributed by atoms with Gasteiger partial charge in [-0.2, -0.15) is 26.3 Å². The third-order valence-corrected chi connectivity index (χ3v) is 7.62. The summed E-state index contributed by atoms with van der Waals surface area (Å²) in [5.74, 6) is -1.55. The van der Waals surface area contributed by atoms with Crippen LogP contribution in [-0.4, -0.2) is 42.5 Å². The predicted octanol–water partition coefficient (Wildman–Crippen LogP) is 6.49. The number of halogens is 6. The van der Waals surface area contributed by atoms with Crippen molar-refractivity contribution in [3.63, 3.8) is 0 Å². The minimum Gasteiger partial charge on any atom is -0.497 e. The molecule has 236 valence electrons. The van der Waals surface area contributed by atoms with E-state index in [1.165, 1.54) is 24.1 Å². The van der Waals surface area contributed by atoms with Crippen LogP contribution in [0.25, 0.3) is 11.0 Å². The van der Waals surface area contributed by atoms with Crippen LogP contribution < -0.4 is 15.5 Å². The lowest BCUT2D eigenvalue weighted by Gasteiger charge is -2.40. The first-order valence-electron chi connectivity index (χ1n) is 13.8.